The number of ether oxygens (including phenoxy) is 1. The number of likely N-dealkylation sites (N-methyl/N-ethyl adjacent to an activating group) is 1. The number of hydrogen-bond donors (Lipinski definition) is 3. The van der Waals surface area contributed by atoms with E-state index in [9.17, 15) is 14.7 Å². The summed E-state index contributed by atoms with van der Waals surface area (Å²) in [6.45, 7) is 9.41. The van der Waals surface area contributed by atoms with E-state index in [0.29, 0.717) is 53.1 Å². The monoisotopic (exact) mass is 541 g/mol. The Balaban J connectivity index is 1.61. The lowest BCUT2D eigenvalue weighted by atomic mass is 9.89. The van der Waals surface area contributed by atoms with Crippen molar-refractivity contribution in [3.8, 4) is 5.75 Å². The smallest absolute Gasteiger partial charge is 0.323 e. The average Bonchev–Trinajstić information content (AvgIpc) is 3.23. The van der Waals surface area contributed by atoms with Crippen molar-refractivity contribution in [1.82, 2.24) is 15.0 Å². The highest BCUT2D eigenvalue weighted by molar-refractivity contribution is 6.04. The van der Waals surface area contributed by atoms with Gasteiger partial charge >= 0.3 is 6.03 Å². The molecule has 2 aromatic rings. The van der Waals surface area contributed by atoms with E-state index < -0.39 is 6.03 Å². The largest absolute Gasteiger partial charge is 0.486 e. The van der Waals surface area contributed by atoms with Crippen LogP contribution in [0, 0.1) is 25.7 Å². The Kier molecular flexibility index (Phi) is 9.50. The van der Waals surface area contributed by atoms with Crippen molar-refractivity contribution in [2.45, 2.75) is 71.9 Å². The lowest BCUT2D eigenvalue weighted by molar-refractivity contribution is 0.0333. The second-order valence-electron chi connectivity index (χ2n) is 11.3. The summed E-state index contributed by atoms with van der Waals surface area (Å²) in [4.78, 5) is 30.7. The molecule has 214 valence electrons. The number of anilines is 2. The van der Waals surface area contributed by atoms with E-state index in [1.807, 2.05) is 6.92 Å². The number of aromatic nitrogens is 1. The summed E-state index contributed by atoms with van der Waals surface area (Å²) >= 11 is 0. The summed E-state index contributed by atoms with van der Waals surface area (Å²) in [5, 5.41) is 19.5. The minimum Gasteiger partial charge on any atom is -0.486 e. The van der Waals surface area contributed by atoms with Crippen LogP contribution < -0.4 is 15.4 Å². The number of nitrogens with zero attached hydrogens (tertiary/aromatic N) is 3. The number of rotatable bonds is 8. The topological polar surface area (TPSA) is 120 Å². The Labute approximate surface area is 231 Å². The molecular weight excluding hydrogens is 498 g/mol. The van der Waals surface area contributed by atoms with Gasteiger partial charge in [0.2, 0.25) is 0 Å². The minimum absolute atomic E-state index is 0.00547. The molecule has 0 spiro atoms. The summed E-state index contributed by atoms with van der Waals surface area (Å²) in [7, 11) is 2.13. The van der Waals surface area contributed by atoms with Crippen molar-refractivity contribution >= 4 is 23.3 Å². The van der Waals surface area contributed by atoms with E-state index in [1.165, 1.54) is 32.1 Å². The van der Waals surface area contributed by atoms with E-state index in [2.05, 4.69) is 34.7 Å². The first-order valence-electron chi connectivity index (χ1n) is 14.1. The summed E-state index contributed by atoms with van der Waals surface area (Å²) in [6.07, 6.45) is 6.21. The number of aryl methyl sites for hydroxylation is 2. The predicted octanol–water partition coefficient (Wildman–Crippen LogP) is 4.67. The SMILES string of the molecule is Cc1noc(C)c1NC(=O)Nc1cccc2c1O[C@@H](CN(C)CC1CCCCC1)[C@@H](C)CN([C@@H](C)CO)C2=O. The third-order valence-electron chi connectivity index (χ3n) is 8.00. The number of carbonyl (C=O) groups excluding carboxylic acids is 2. The van der Waals surface area contributed by atoms with Crippen molar-refractivity contribution in [2.75, 3.05) is 43.9 Å². The van der Waals surface area contributed by atoms with E-state index >= 15 is 0 Å². The highest BCUT2D eigenvalue weighted by Gasteiger charge is 2.35. The van der Waals surface area contributed by atoms with Crippen LogP contribution in [0.1, 0.15) is 67.8 Å². The quantitative estimate of drug-likeness (QED) is 0.444. The molecule has 1 saturated carbocycles. The van der Waals surface area contributed by atoms with Crippen LogP contribution in [0.3, 0.4) is 0 Å². The van der Waals surface area contributed by atoms with Crippen molar-refractivity contribution in [3.05, 3.63) is 35.2 Å². The maximum atomic E-state index is 13.7. The van der Waals surface area contributed by atoms with Gasteiger partial charge in [-0.1, -0.05) is 37.4 Å². The van der Waals surface area contributed by atoms with Crippen LogP contribution in [0.5, 0.6) is 5.75 Å². The fourth-order valence-corrected chi connectivity index (χ4v) is 5.68. The highest BCUT2D eigenvalue weighted by atomic mass is 16.5. The lowest BCUT2D eigenvalue weighted by Crippen LogP contribution is -2.50. The average molecular weight is 542 g/mol. The van der Waals surface area contributed by atoms with Crippen molar-refractivity contribution in [2.24, 2.45) is 11.8 Å². The number of fused-ring (bicyclic) bond motifs is 1. The van der Waals surface area contributed by atoms with Crippen LogP contribution in [0.4, 0.5) is 16.2 Å². The lowest BCUT2D eigenvalue weighted by Gasteiger charge is -2.39. The number of nitrogens with one attached hydrogen (secondary N) is 2. The summed E-state index contributed by atoms with van der Waals surface area (Å²) < 4.78 is 11.8. The fraction of sp³-hybridized carbons (Fsp3) is 0.621. The molecule has 1 aliphatic carbocycles. The zero-order valence-electron chi connectivity index (χ0n) is 23.8. The molecule has 3 atom stereocenters. The standard InChI is InChI=1S/C29H43N5O5/c1-18-14-34(19(2)17-35)28(36)23-12-9-13-24(30-29(37)31-26-20(3)32-39-21(26)4)27(23)38-25(18)16-33(5)15-22-10-7-6-8-11-22/h9,12-13,18-19,22,25,35H,6-8,10-11,14-17H2,1-5H3,(H2,30,31,37)/t18-,19-,25-/m0/s1. The Morgan fingerprint density at radius 2 is 1.95 bits per heavy atom. The van der Waals surface area contributed by atoms with Crippen LogP contribution in [0.2, 0.25) is 0 Å². The van der Waals surface area contributed by atoms with E-state index in [4.69, 9.17) is 9.26 Å². The Morgan fingerprint density at radius 3 is 2.62 bits per heavy atom. The molecule has 1 fully saturated rings. The molecule has 3 amide bonds. The molecule has 1 aromatic heterocycles. The molecular formula is C29H43N5O5. The first-order chi connectivity index (χ1) is 18.7. The summed E-state index contributed by atoms with van der Waals surface area (Å²) in [5.41, 5.74) is 1.83. The van der Waals surface area contributed by atoms with Gasteiger partial charge in [0.15, 0.2) is 11.5 Å². The Hall–Kier alpha value is -3.11. The molecule has 10 heteroatoms. The van der Waals surface area contributed by atoms with Crippen LogP contribution in [-0.2, 0) is 0 Å². The summed E-state index contributed by atoms with van der Waals surface area (Å²) in [6, 6.07) is 4.32. The molecule has 1 aliphatic heterocycles. The van der Waals surface area contributed by atoms with Gasteiger partial charge in [0.25, 0.3) is 5.91 Å². The number of amides is 3. The molecule has 0 unspecified atom stereocenters. The highest BCUT2D eigenvalue weighted by Crippen LogP contribution is 2.35. The van der Waals surface area contributed by atoms with Gasteiger partial charge in [-0.3, -0.25) is 4.79 Å². The van der Waals surface area contributed by atoms with Gasteiger partial charge in [0, 0.05) is 25.6 Å². The Bertz CT molecular complexity index is 1130. The third kappa shape index (κ3) is 6.91. The zero-order chi connectivity index (χ0) is 28.1. The normalized spacial score (nSPS) is 21.1. The molecule has 0 saturated heterocycles. The van der Waals surface area contributed by atoms with Crippen LogP contribution in [-0.4, -0.2) is 77.4 Å². The van der Waals surface area contributed by atoms with Gasteiger partial charge < -0.3 is 34.8 Å². The third-order valence-corrected chi connectivity index (χ3v) is 8.00. The van der Waals surface area contributed by atoms with Gasteiger partial charge in [-0.05, 0) is 58.7 Å². The number of carbonyl (C=O) groups is 2. The van der Waals surface area contributed by atoms with Gasteiger partial charge in [0.1, 0.15) is 17.5 Å². The molecule has 0 radical (unpaired) electrons. The molecule has 10 nitrogen and oxygen atoms in total. The van der Waals surface area contributed by atoms with Crippen LogP contribution in [0.25, 0.3) is 0 Å². The maximum Gasteiger partial charge on any atom is 0.323 e. The van der Waals surface area contributed by atoms with Crippen molar-refractivity contribution < 1.29 is 24.0 Å². The number of hydrogen-bond acceptors (Lipinski definition) is 7. The minimum atomic E-state index is -0.490. The first-order valence-corrected chi connectivity index (χ1v) is 14.1. The number of aliphatic hydroxyl groups is 1. The van der Waals surface area contributed by atoms with Crippen molar-refractivity contribution in [3.63, 3.8) is 0 Å². The molecule has 39 heavy (non-hydrogen) atoms. The molecule has 3 N–H and O–H groups in total. The summed E-state index contributed by atoms with van der Waals surface area (Å²) in [5.74, 6) is 1.30. The maximum absolute atomic E-state index is 13.7. The van der Waals surface area contributed by atoms with E-state index in [1.54, 1.807) is 36.9 Å². The number of urea groups is 1. The van der Waals surface area contributed by atoms with E-state index in [0.717, 1.165) is 6.54 Å². The van der Waals surface area contributed by atoms with Gasteiger partial charge in [-0.2, -0.15) is 0 Å². The number of benzene rings is 1. The van der Waals surface area contributed by atoms with Gasteiger partial charge in [0.05, 0.1) is 23.9 Å². The van der Waals surface area contributed by atoms with Crippen LogP contribution >= 0.6 is 0 Å². The Morgan fingerprint density at radius 1 is 1.21 bits per heavy atom. The second-order valence-corrected chi connectivity index (χ2v) is 11.3. The fourth-order valence-electron chi connectivity index (χ4n) is 5.68. The van der Waals surface area contributed by atoms with Gasteiger partial charge in [-0.25, -0.2) is 4.79 Å². The molecule has 0 bridgehead atoms. The predicted molar refractivity (Wildman–Crippen MR) is 150 cm³/mol. The first kappa shape index (κ1) is 28.9. The van der Waals surface area contributed by atoms with Crippen LogP contribution in [0.15, 0.2) is 22.7 Å². The number of aliphatic hydroxyl groups excluding tert-OH is 1. The molecule has 2 heterocycles. The van der Waals surface area contributed by atoms with Gasteiger partial charge in [-0.15, -0.1) is 0 Å². The molecule has 2 aliphatic rings. The number of para-hydroxylation sites is 1. The molecule has 4 rings (SSSR count). The molecule has 1 aromatic carbocycles. The second kappa shape index (κ2) is 12.8. The van der Waals surface area contributed by atoms with E-state index in [-0.39, 0.29) is 30.6 Å². The van der Waals surface area contributed by atoms with Crippen molar-refractivity contribution in [1.29, 1.82) is 0 Å². The zero-order valence-corrected chi connectivity index (χ0v) is 23.8.